The summed E-state index contributed by atoms with van der Waals surface area (Å²) < 4.78 is 0. The lowest BCUT2D eigenvalue weighted by Crippen LogP contribution is -2.26. The van der Waals surface area contributed by atoms with Crippen LogP contribution < -0.4 is 0 Å². The molecule has 2 heteroatoms. The van der Waals surface area contributed by atoms with E-state index in [1.54, 1.807) is 12.1 Å². The fraction of sp³-hybridized carbons (Fsp3) is 0.625. The van der Waals surface area contributed by atoms with Crippen LogP contribution in [0.2, 0.25) is 0 Å². The highest BCUT2D eigenvalue weighted by Crippen LogP contribution is 2.33. The van der Waals surface area contributed by atoms with Gasteiger partial charge in [-0.2, -0.15) is 0 Å². The van der Waals surface area contributed by atoms with E-state index in [1.165, 1.54) is 0 Å². The van der Waals surface area contributed by atoms with Gasteiger partial charge in [0.25, 0.3) is 0 Å². The van der Waals surface area contributed by atoms with Crippen LogP contribution in [0.3, 0.4) is 0 Å². The zero-order valence-electron chi connectivity index (χ0n) is 11.8. The van der Waals surface area contributed by atoms with Crippen molar-refractivity contribution < 1.29 is 10.2 Å². The van der Waals surface area contributed by atoms with Gasteiger partial charge in [0.15, 0.2) is 0 Å². The van der Waals surface area contributed by atoms with Gasteiger partial charge in [-0.05, 0) is 42.9 Å². The van der Waals surface area contributed by atoms with Crippen LogP contribution in [0.5, 0.6) is 5.75 Å². The van der Waals surface area contributed by atoms with E-state index in [1.807, 2.05) is 12.1 Å². The Morgan fingerprint density at radius 3 is 2.22 bits per heavy atom. The molecule has 0 fully saturated rings. The van der Waals surface area contributed by atoms with E-state index >= 15 is 0 Å². The number of hydrogen-bond acceptors (Lipinski definition) is 2. The third-order valence-corrected chi connectivity index (χ3v) is 3.82. The molecule has 102 valence electrons. The largest absolute Gasteiger partial charge is 0.508 e. The molecular weight excluding hydrogens is 224 g/mol. The maximum absolute atomic E-state index is 10.8. The Labute approximate surface area is 111 Å². The van der Waals surface area contributed by atoms with E-state index < -0.39 is 5.60 Å². The van der Waals surface area contributed by atoms with Gasteiger partial charge in [-0.3, -0.25) is 0 Å². The Morgan fingerprint density at radius 2 is 1.72 bits per heavy atom. The second kappa shape index (κ2) is 6.79. The first-order chi connectivity index (χ1) is 8.51. The third-order valence-electron chi connectivity index (χ3n) is 3.82. The maximum atomic E-state index is 10.8. The molecule has 2 N–H and O–H groups in total. The first-order valence-electron chi connectivity index (χ1n) is 7.03. The predicted octanol–water partition coefficient (Wildman–Crippen LogP) is 4.21. The summed E-state index contributed by atoms with van der Waals surface area (Å²) in [4.78, 5) is 0. The minimum Gasteiger partial charge on any atom is -0.508 e. The summed E-state index contributed by atoms with van der Waals surface area (Å²) in [5, 5.41) is 20.2. The summed E-state index contributed by atoms with van der Waals surface area (Å²) in [5.41, 5.74) is 0.178. The minimum atomic E-state index is -0.744. The zero-order valence-corrected chi connectivity index (χ0v) is 11.8. The maximum Gasteiger partial charge on any atom is 0.115 e. The molecule has 0 aliphatic rings. The number of rotatable bonds is 7. The van der Waals surface area contributed by atoms with Crippen LogP contribution in [0.1, 0.15) is 58.4 Å². The van der Waals surface area contributed by atoms with Crippen molar-refractivity contribution in [1.29, 1.82) is 0 Å². The van der Waals surface area contributed by atoms with Gasteiger partial charge in [0.2, 0.25) is 0 Å². The van der Waals surface area contributed by atoms with E-state index in [0.29, 0.717) is 5.92 Å². The standard InChI is InChI=1S/C16H26O2/c1-4-11-16(18,12-10-13(3)5-2)14-6-8-15(17)9-7-14/h6-9,13,17-18H,4-5,10-12H2,1-3H3. The summed E-state index contributed by atoms with van der Waals surface area (Å²) in [6.07, 6.45) is 4.71. The molecule has 2 unspecified atom stereocenters. The summed E-state index contributed by atoms with van der Waals surface area (Å²) in [6.45, 7) is 6.50. The molecule has 0 aliphatic heterocycles. The number of aromatic hydroxyl groups is 1. The monoisotopic (exact) mass is 250 g/mol. The molecule has 0 radical (unpaired) electrons. The molecule has 0 amide bonds. The molecule has 2 atom stereocenters. The Kier molecular flexibility index (Phi) is 5.67. The summed E-state index contributed by atoms with van der Waals surface area (Å²) in [5.74, 6) is 0.894. The van der Waals surface area contributed by atoms with E-state index in [-0.39, 0.29) is 5.75 Å². The lowest BCUT2D eigenvalue weighted by Gasteiger charge is -2.29. The van der Waals surface area contributed by atoms with Crippen LogP contribution in [0.25, 0.3) is 0 Å². The van der Waals surface area contributed by atoms with Crippen molar-refractivity contribution in [2.75, 3.05) is 0 Å². The number of aliphatic hydroxyl groups is 1. The van der Waals surface area contributed by atoms with Gasteiger partial charge in [0.1, 0.15) is 5.75 Å². The Bertz CT molecular complexity index is 345. The molecule has 0 bridgehead atoms. The predicted molar refractivity (Wildman–Crippen MR) is 75.6 cm³/mol. The highest BCUT2D eigenvalue weighted by Gasteiger charge is 2.28. The molecule has 18 heavy (non-hydrogen) atoms. The highest BCUT2D eigenvalue weighted by molar-refractivity contribution is 5.29. The molecule has 1 rings (SSSR count). The normalized spacial score (nSPS) is 16.2. The van der Waals surface area contributed by atoms with Gasteiger partial charge in [0, 0.05) is 0 Å². The quantitative estimate of drug-likeness (QED) is 0.761. The number of phenolic OH excluding ortho intramolecular Hbond substituents is 1. The smallest absolute Gasteiger partial charge is 0.115 e. The molecular formula is C16H26O2. The number of benzene rings is 1. The average Bonchev–Trinajstić information content (AvgIpc) is 2.37. The lowest BCUT2D eigenvalue weighted by atomic mass is 9.83. The van der Waals surface area contributed by atoms with E-state index in [9.17, 15) is 10.2 Å². The van der Waals surface area contributed by atoms with Crippen LogP contribution >= 0.6 is 0 Å². The summed E-state index contributed by atoms with van der Waals surface area (Å²) in [7, 11) is 0. The van der Waals surface area contributed by atoms with Crippen molar-refractivity contribution in [3.05, 3.63) is 29.8 Å². The van der Waals surface area contributed by atoms with Gasteiger partial charge in [-0.1, -0.05) is 45.7 Å². The van der Waals surface area contributed by atoms with Gasteiger partial charge in [-0.15, -0.1) is 0 Å². The first kappa shape index (κ1) is 15.0. The van der Waals surface area contributed by atoms with Gasteiger partial charge >= 0.3 is 0 Å². The molecule has 0 saturated heterocycles. The van der Waals surface area contributed by atoms with Crippen LogP contribution in [0.4, 0.5) is 0 Å². The first-order valence-corrected chi connectivity index (χ1v) is 7.03. The fourth-order valence-electron chi connectivity index (χ4n) is 2.29. The van der Waals surface area contributed by atoms with Crippen molar-refractivity contribution in [2.24, 2.45) is 5.92 Å². The van der Waals surface area contributed by atoms with Crippen LogP contribution in [0.15, 0.2) is 24.3 Å². The fourth-order valence-corrected chi connectivity index (χ4v) is 2.29. The van der Waals surface area contributed by atoms with E-state index in [2.05, 4.69) is 20.8 Å². The molecule has 2 nitrogen and oxygen atoms in total. The summed E-state index contributed by atoms with van der Waals surface area (Å²) in [6, 6.07) is 6.97. The van der Waals surface area contributed by atoms with E-state index in [4.69, 9.17) is 0 Å². The minimum absolute atomic E-state index is 0.250. The molecule has 0 aliphatic carbocycles. The Hall–Kier alpha value is -1.02. The second-order valence-corrected chi connectivity index (χ2v) is 5.38. The van der Waals surface area contributed by atoms with Crippen molar-refractivity contribution in [2.45, 2.75) is 58.5 Å². The van der Waals surface area contributed by atoms with Crippen molar-refractivity contribution in [3.63, 3.8) is 0 Å². The second-order valence-electron chi connectivity index (χ2n) is 5.38. The lowest BCUT2D eigenvalue weighted by molar-refractivity contribution is 0.0119. The van der Waals surface area contributed by atoms with Crippen LogP contribution in [-0.2, 0) is 5.60 Å². The van der Waals surface area contributed by atoms with Crippen molar-refractivity contribution in [1.82, 2.24) is 0 Å². The summed E-state index contributed by atoms with van der Waals surface area (Å²) >= 11 is 0. The van der Waals surface area contributed by atoms with Gasteiger partial charge in [0.05, 0.1) is 5.60 Å². The number of hydrogen-bond donors (Lipinski definition) is 2. The third kappa shape index (κ3) is 4.02. The molecule has 0 saturated carbocycles. The molecule has 0 heterocycles. The topological polar surface area (TPSA) is 40.5 Å². The van der Waals surface area contributed by atoms with Gasteiger partial charge in [-0.25, -0.2) is 0 Å². The van der Waals surface area contributed by atoms with Crippen molar-refractivity contribution in [3.8, 4) is 5.75 Å². The van der Waals surface area contributed by atoms with E-state index in [0.717, 1.165) is 37.7 Å². The van der Waals surface area contributed by atoms with Crippen LogP contribution in [0, 0.1) is 5.92 Å². The SMILES string of the molecule is CCCC(O)(CCC(C)CC)c1ccc(O)cc1. The highest BCUT2D eigenvalue weighted by atomic mass is 16.3. The van der Waals surface area contributed by atoms with Crippen molar-refractivity contribution >= 4 is 0 Å². The molecule has 0 spiro atoms. The van der Waals surface area contributed by atoms with Crippen LogP contribution in [-0.4, -0.2) is 10.2 Å². The Balaban J connectivity index is 2.81. The number of phenols is 1. The zero-order chi connectivity index (χ0) is 13.6. The molecule has 0 aromatic heterocycles. The molecule has 1 aromatic carbocycles. The Morgan fingerprint density at radius 1 is 1.11 bits per heavy atom. The average molecular weight is 250 g/mol. The molecule has 1 aromatic rings. The van der Waals surface area contributed by atoms with Gasteiger partial charge < -0.3 is 10.2 Å².